The van der Waals surface area contributed by atoms with Crippen molar-refractivity contribution >= 4 is 22.7 Å². The van der Waals surface area contributed by atoms with Crippen molar-refractivity contribution in [1.82, 2.24) is 15.0 Å². The third kappa shape index (κ3) is 5.21. The van der Waals surface area contributed by atoms with Crippen LogP contribution in [0, 0.1) is 0 Å². The molecule has 1 aliphatic carbocycles. The van der Waals surface area contributed by atoms with Gasteiger partial charge in [-0.15, -0.1) is 0 Å². The average molecular weight is 782 g/mol. The molecule has 0 saturated heterocycles. The molecule has 8 aromatic carbocycles. The zero-order valence-electron chi connectivity index (χ0n) is 32.5. The van der Waals surface area contributed by atoms with E-state index in [1.807, 2.05) is 30.1 Å². The van der Waals surface area contributed by atoms with Gasteiger partial charge in [-0.3, -0.25) is 4.98 Å². The maximum absolute atomic E-state index is 5.39. The maximum atomic E-state index is 5.39. The first-order valence-electron chi connectivity index (χ1n) is 20.4. The van der Waals surface area contributed by atoms with E-state index in [0.717, 1.165) is 55.0 Å². The minimum Gasteiger partial charge on any atom is -0.256 e. The highest BCUT2D eigenvalue weighted by Crippen LogP contribution is 2.64. The van der Waals surface area contributed by atoms with Gasteiger partial charge in [0.2, 0.25) is 0 Å². The summed E-state index contributed by atoms with van der Waals surface area (Å²) in [7, 11) is 0. The average Bonchev–Trinajstić information content (AvgIpc) is 3.62. The fourth-order valence-electron chi connectivity index (χ4n) is 9.68. The van der Waals surface area contributed by atoms with Crippen molar-refractivity contribution in [3.05, 3.63) is 235 Å². The zero-order valence-corrected chi connectivity index (χ0v) is 33.3. The van der Waals surface area contributed by atoms with Crippen LogP contribution in [0.4, 0.5) is 0 Å². The lowest BCUT2D eigenvalue weighted by molar-refractivity contribution is 0.723. The quantitative estimate of drug-likeness (QED) is 0.174. The molecule has 1 spiro atoms. The monoisotopic (exact) mass is 781 g/mol. The van der Waals surface area contributed by atoms with Gasteiger partial charge in [-0.2, -0.15) is 0 Å². The van der Waals surface area contributed by atoms with Crippen molar-refractivity contribution < 1.29 is 0 Å². The SMILES string of the molecule is c1ccc(-c2cc(-c3ccccc3)nc(-c3cccc4c3Sc3c(-c5cccc6c(-c7ccccc7)ccnc56)cccc3C43c4ccccc4-c4ccccc43)n2)cc1. The van der Waals surface area contributed by atoms with Crippen LogP contribution < -0.4 is 0 Å². The highest BCUT2D eigenvalue weighted by atomic mass is 32.2. The first-order chi connectivity index (χ1) is 29.8. The highest BCUT2D eigenvalue weighted by Gasteiger charge is 2.51. The van der Waals surface area contributed by atoms with Gasteiger partial charge in [0, 0.05) is 43.6 Å². The molecule has 12 rings (SSSR count). The topological polar surface area (TPSA) is 38.7 Å². The number of rotatable bonds is 5. The van der Waals surface area contributed by atoms with E-state index in [0.29, 0.717) is 5.82 Å². The summed E-state index contributed by atoms with van der Waals surface area (Å²) in [6.07, 6.45) is 1.95. The second-order valence-corrected chi connectivity index (χ2v) is 16.4. The van der Waals surface area contributed by atoms with Crippen LogP contribution in [0.1, 0.15) is 22.3 Å². The number of fused-ring (bicyclic) bond motifs is 10. The molecular formula is C56H35N3S. The summed E-state index contributed by atoms with van der Waals surface area (Å²) in [5, 5.41) is 1.13. The molecule has 0 saturated carbocycles. The van der Waals surface area contributed by atoms with Crippen LogP contribution in [0.25, 0.3) is 78.2 Å². The van der Waals surface area contributed by atoms with E-state index >= 15 is 0 Å². The van der Waals surface area contributed by atoms with Gasteiger partial charge in [-0.05, 0) is 62.2 Å². The molecule has 0 bridgehead atoms. The summed E-state index contributed by atoms with van der Waals surface area (Å²) in [4.78, 5) is 18.3. The molecule has 0 unspecified atom stereocenters. The molecule has 0 atom stereocenters. The summed E-state index contributed by atoms with van der Waals surface area (Å²) >= 11 is 1.84. The number of nitrogens with zero attached hydrogens (tertiary/aromatic N) is 3. The van der Waals surface area contributed by atoms with Crippen LogP contribution in [-0.4, -0.2) is 15.0 Å². The molecule has 2 aliphatic rings. The van der Waals surface area contributed by atoms with Gasteiger partial charge in [0.1, 0.15) is 0 Å². The van der Waals surface area contributed by atoms with E-state index in [4.69, 9.17) is 15.0 Å². The van der Waals surface area contributed by atoms with Crippen molar-refractivity contribution in [3.63, 3.8) is 0 Å². The number of pyridine rings is 1. The van der Waals surface area contributed by atoms with Crippen LogP contribution in [0.15, 0.2) is 222 Å². The molecule has 0 amide bonds. The highest BCUT2D eigenvalue weighted by molar-refractivity contribution is 7.99. The lowest BCUT2D eigenvalue weighted by Gasteiger charge is -2.41. The van der Waals surface area contributed by atoms with Gasteiger partial charge in [-0.25, -0.2) is 9.97 Å². The molecule has 2 aromatic heterocycles. The Morgan fingerprint density at radius 1 is 0.350 bits per heavy atom. The smallest absolute Gasteiger partial charge is 0.161 e. The Morgan fingerprint density at radius 2 is 0.817 bits per heavy atom. The number of benzene rings is 8. The lowest BCUT2D eigenvalue weighted by atomic mass is 9.66. The summed E-state index contributed by atoms with van der Waals surface area (Å²) in [6, 6.07) is 74.0. The predicted molar refractivity (Wildman–Crippen MR) is 246 cm³/mol. The molecule has 4 heteroatoms. The van der Waals surface area contributed by atoms with Crippen LogP contribution in [-0.2, 0) is 5.41 Å². The Kier molecular flexibility index (Phi) is 8.00. The van der Waals surface area contributed by atoms with E-state index in [-0.39, 0.29) is 0 Å². The lowest BCUT2D eigenvalue weighted by Crippen LogP contribution is -2.32. The maximum Gasteiger partial charge on any atom is 0.161 e. The van der Waals surface area contributed by atoms with E-state index < -0.39 is 5.41 Å². The molecule has 10 aromatic rings. The van der Waals surface area contributed by atoms with Gasteiger partial charge < -0.3 is 0 Å². The molecule has 1 aliphatic heterocycles. The van der Waals surface area contributed by atoms with Crippen molar-refractivity contribution in [3.8, 4) is 67.3 Å². The minimum absolute atomic E-state index is 0.596. The number of aromatic nitrogens is 3. The van der Waals surface area contributed by atoms with E-state index in [2.05, 4.69) is 194 Å². The second kappa shape index (κ2) is 13.9. The van der Waals surface area contributed by atoms with E-state index in [1.54, 1.807) is 0 Å². The Balaban J connectivity index is 1.16. The molecule has 3 nitrogen and oxygen atoms in total. The number of hydrogen-bond acceptors (Lipinski definition) is 4. The molecular weight excluding hydrogens is 747 g/mol. The summed E-state index contributed by atoms with van der Waals surface area (Å²) in [5.74, 6) is 0.703. The van der Waals surface area contributed by atoms with E-state index in [9.17, 15) is 0 Å². The molecule has 0 radical (unpaired) electrons. The van der Waals surface area contributed by atoms with Gasteiger partial charge in [-0.1, -0.05) is 206 Å². The Labute approximate surface area is 353 Å². The van der Waals surface area contributed by atoms with Crippen LogP contribution in [0.3, 0.4) is 0 Å². The van der Waals surface area contributed by atoms with Crippen LogP contribution in [0.5, 0.6) is 0 Å². The standard InChI is InChI=1S/C56H35N3S/c1-4-17-36(18-5-1)39-33-34-57-52-42(39)25-14-26-43(52)44-27-15-31-48-53(44)60-54-45(55-58-50(37-19-6-2-7-20-37)35-51(59-55)38-21-8-3-9-22-38)28-16-32-49(54)56(48)46-29-12-10-23-40(46)41-24-11-13-30-47(41)56/h1-35H. The van der Waals surface area contributed by atoms with Crippen molar-refractivity contribution in [2.24, 2.45) is 0 Å². The predicted octanol–water partition coefficient (Wildman–Crippen LogP) is 14.2. The minimum atomic E-state index is -0.596. The molecule has 0 fully saturated rings. The third-order valence-corrected chi connectivity index (χ3v) is 13.5. The zero-order chi connectivity index (χ0) is 39.6. The number of para-hydroxylation sites is 1. The molecule has 0 N–H and O–H groups in total. The van der Waals surface area contributed by atoms with Crippen molar-refractivity contribution in [2.45, 2.75) is 15.2 Å². The summed E-state index contributed by atoms with van der Waals surface area (Å²) in [5.41, 5.74) is 17.5. The van der Waals surface area contributed by atoms with Gasteiger partial charge in [0.25, 0.3) is 0 Å². The fraction of sp³-hybridized carbons (Fsp3) is 0.0179. The van der Waals surface area contributed by atoms with Gasteiger partial charge in [0.05, 0.1) is 22.3 Å². The Morgan fingerprint density at radius 3 is 1.43 bits per heavy atom. The number of hydrogen-bond donors (Lipinski definition) is 0. The molecule has 3 heterocycles. The molecule has 280 valence electrons. The largest absolute Gasteiger partial charge is 0.256 e. The second-order valence-electron chi connectivity index (χ2n) is 15.4. The van der Waals surface area contributed by atoms with Crippen LogP contribution >= 0.6 is 11.8 Å². The van der Waals surface area contributed by atoms with Gasteiger partial charge >= 0.3 is 0 Å². The first-order valence-corrected chi connectivity index (χ1v) is 21.2. The molecule has 60 heavy (non-hydrogen) atoms. The normalized spacial score (nSPS) is 13.1. The first kappa shape index (κ1) is 34.6. The van der Waals surface area contributed by atoms with E-state index in [1.165, 1.54) is 49.4 Å². The van der Waals surface area contributed by atoms with Gasteiger partial charge in [0.15, 0.2) is 5.82 Å². The van der Waals surface area contributed by atoms with Crippen LogP contribution in [0.2, 0.25) is 0 Å². The summed E-state index contributed by atoms with van der Waals surface area (Å²) < 4.78 is 0. The Hall–Kier alpha value is -7.40. The van der Waals surface area contributed by atoms with Crippen molar-refractivity contribution in [2.75, 3.05) is 0 Å². The van der Waals surface area contributed by atoms with Crippen molar-refractivity contribution in [1.29, 1.82) is 0 Å². The third-order valence-electron chi connectivity index (χ3n) is 12.2. The Bertz CT molecular complexity index is 3190. The fourth-order valence-corrected chi connectivity index (χ4v) is 11.1. The summed E-state index contributed by atoms with van der Waals surface area (Å²) in [6.45, 7) is 0.